The van der Waals surface area contributed by atoms with E-state index in [0.717, 1.165) is 17.8 Å². The maximum Gasteiger partial charge on any atom is 0.175 e. The van der Waals surface area contributed by atoms with Crippen LogP contribution in [0.1, 0.15) is 23.6 Å². The van der Waals surface area contributed by atoms with Gasteiger partial charge >= 0.3 is 0 Å². The average molecular weight is 284 g/mol. The highest BCUT2D eigenvalue weighted by Crippen LogP contribution is 2.22. The summed E-state index contributed by atoms with van der Waals surface area (Å²) < 4.78 is 0. The molecule has 2 rings (SSSR count). The SMILES string of the molecule is CCc1cccc(C)c1NC(=S)Nc1ccccc1C. The zero-order chi connectivity index (χ0) is 14.5. The summed E-state index contributed by atoms with van der Waals surface area (Å²) in [5.41, 5.74) is 5.81. The molecule has 0 atom stereocenters. The Balaban J connectivity index is 2.15. The van der Waals surface area contributed by atoms with E-state index in [2.05, 4.69) is 55.7 Å². The van der Waals surface area contributed by atoms with Gasteiger partial charge in [0.2, 0.25) is 0 Å². The molecule has 0 saturated heterocycles. The highest BCUT2D eigenvalue weighted by atomic mass is 32.1. The van der Waals surface area contributed by atoms with E-state index in [4.69, 9.17) is 12.2 Å². The van der Waals surface area contributed by atoms with Crippen molar-refractivity contribution in [3.8, 4) is 0 Å². The van der Waals surface area contributed by atoms with E-state index in [0.29, 0.717) is 5.11 Å². The molecule has 0 spiro atoms. The zero-order valence-electron chi connectivity index (χ0n) is 12.2. The molecule has 104 valence electrons. The van der Waals surface area contributed by atoms with Gasteiger partial charge in [-0.2, -0.15) is 0 Å². The van der Waals surface area contributed by atoms with Gasteiger partial charge in [0.1, 0.15) is 0 Å². The van der Waals surface area contributed by atoms with Crippen LogP contribution < -0.4 is 10.6 Å². The fraction of sp³-hybridized carbons (Fsp3) is 0.235. The first-order valence-corrected chi connectivity index (χ1v) is 7.24. The number of anilines is 2. The molecule has 0 radical (unpaired) electrons. The summed E-state index contributed by atoms with van der Waals surface area (Å²) in [5, 5.41) is 7.21. The van der Waals surface area contributed by atoms with Gasteiger partial charge in [0.25, 0.3) is 0 Å². The predicted octanol–water partition coefficient (Wildman–Crippen LogP) is 4.67. The molecule has 20 heavy (non-hydrogen) atoms. The van der Waals surface area contributed by atoms with Gasteiger partial charge in [0.15, 0.2) is 5.11 Å². The van der Waals surface area contributed by atoms with Gasteiger partial charge in [-0.1, -0.05) is 43.3 Å². The van der Waals surface area contributed by atoms with Crippen LogP contribution in [-0.4, -0.2) is 5.11 Å². The normalized spacial score (nSPS) is 10.2. The Morgan fingerprint density at radius 2 is 1.65 bits per heavy atom. The number of aryl methyl sites for hydroxylation is 3. The van der Waals surface area contributed by atoms with E-state index >= 15 is 0 Å². The van der Waals surface area contributed by atoms with E-state index in [1.165, 1.54) is 16.7 Å². The number of para-hydroxylation sites is 2. The molecule has 0 saturated carbocycles. The monoisotopic (exact) mass is 284 g/mol. The van der Waals surface area contributed by atoms with Crippen LogP contribution in [0.15, 0.2) is 42.5 Å². The van der Waals surface area contributed by atoms with Gasteiger partial charge in [0, 0.05) is 11.4 Å². The van der Waals surface area contributed by atoms with Crippen molar-refractivity contribution in [1.82, 2.24) is 0 Å². The van der Waals surface area contributed by atoms with Crippen molar-refractivity contribution < 1.29 is 0 Å². The molecule has 0 amide bonds. The lowest BCUT2D eigenvalue weighted by Crippen LogP contribution is -2.21. The van der Waals surface area contributed by atoms with Crippen molar-refractivity contribution in [1.29, 1.82) is 0 Å². The molecular weight excluding hydrogens is 264 g/mol. The van der Waals surface area contributed by atoms with Crippen LogP contribution in [0.4, 0.5) is 11.4 Å². The molecule has 0 aromatic heterocycles. The van der Waals surface area contributed by atoms with E-state index in [1.807, 2.05) is 18.2 Å². The first-order valence-electron chi connectivity index (χ1n) is 6.84. The minimum absolute atomic E-state index is 0.628. The summed E-state index contributed by atoms with van der Waals surface area (Å²) in [7, 11) is 0. The molecule has 0 aliphatic carbocycles. The number of benzene rings is 2. The lowest BCUT2D eigenvalue weighted by Gasteiger charge is -2.16. The Hall–Kier alpha value is -1.87. The molecule has 2 aromatic carbocycles. The topological polar surface area (TPSA) is 24.1 Å². The lowest BCUT2D eigenvalue weighted by atomic mass is 10.1. The van der Waals surface area contributed by atoms with Crippen LogP contribution in [0.3, 0.4) is 0 Å². The van der Waals surface area contributed by atoms with Crippen LogP contribution >= 0.6 is 12.2 Å². The third-order valence-electron chi connectivity index (χ3n) is 3.37. The van der Waals surface area contributed by atoms with Gasteiger partial charge < -0.3 is 10.6 Å². The molecule has 0 aliphatic heterocycles. The van der Waals surface area contributed by atoms with Crippen molar-refractivity contribution in [2.75, 3.05) is 10.6 Å². The second-order valence-electron chi connectivity index (χ2n) is 4.86. The fourth-order valence-electron chi connectivity index (χ4n) is 2.18. The Morgan fingerprint density at radius 3 is 2.35 bits per heavy atom. The summed E-state index contributed by atoms with van der Waals surface area (Å²) in [6, 6.07) is 14.4. The molecule has 2 N–H and O–H groups in total. The number of hydrogen-bond donors (Lipinski definition) is 2. The van der Waals surface area contributed by atoms with Crippen LogP contribution in [-0.2, 0) is 6.42 Å². The summed E-state index contributed by atoms with van der Waals surface area (Å²) in [5.74, 6) is 0. The van der Waals surface area contributed by atoms with Gasteiger partial charge in [-0.05, 0) is 55.2 Å². The van der Waals surface area contributed by atoms with Crippen LogP contribution in [0.25, 0.3) is 0 Å². The molecule has 0 fully saturated rings. The van der Waals surface area contributed by atoms with Gasteiger partial charge in [-0.3, -0.25) is 0 Å². The minimum atomic E-state index is 0.628. The molecule has 2 aromatic rings. The largest absolute Gasteiger partial charge is 0.332 e. The summed E-state index contributed by atoms with van der Waals surface area (Å²) in [6.07, 6.45) is 0.983. The van der Waals surface area contributed by atoms with E-state index < -0.39 is 0 Å². The summed E-state index contributed by atoms with van der Waals surface area (Å²) >= 11 is 5.42. The Morgan fingerprint density at radius 1 is 0.950 bits per heavy atom. The van der Waals surface area contributed by atoms with Gasteiger partial charge in [-0.25, -0.2) is 0 Å². The Labute approximate surface area is 126 Å². The average Bonchev–Trinajstić information content (AvgIpc) is 2.43. The van der Waals surface area contributed by atoms with Crippen LogP contribution in [0, 0.1) is 13.8 Å². The van der Waals surface area contributed by atoms with Crippen LogP contribution in [0.5, 0.6) is 0 Å². The molecule has 0 bridgehead atoms. The highest BCUT2D eigenvalue weighted by molar-refractivity contribution is 7.80. The maximum absolute atomic E-state index is 5.42. The summed E-state index contributed by atoms with van der Waals surface area (Å²) in [4.78, 5) is 0. The van der Waals surface area contributed by atoms with Crippen molar-refractivity contribution in [3.05, 3.63) is 59.2 Å². The van der Waals surface area contributed by atoms with Gasteiger partial charge in [0.05, 0.1) is 0 Å². The molecule has 2 nitrogen and oxygen atoms in total. The zero-order valence-corrected chi connectivity index (χ0v) is 13.0. The third kappa shape index (κ3) is 3.36. The van der Waals surface area contributed by atoms with Gasteiger partial charge in [-0.15, -0.1) is 0 Å². The quantitative estimate of drug-likeness (QED) is 0.801. The number of nitrogens with one attached hydrogen (secondary N) is 2. The first-order chi connectivity index (χ1) is 9.61. The third-order valence-corrected chi connectivity index (χ3v) is 3.58. The standard InChI is InChI=1S/C17H20N2S/c1-4-14-10-7-9-13(3)16(14)19-17(20)18-15-11-6-5-8-12(15)2/h5-11H,4H2,1-3H3,(H2,18,19,20). The molecule has 3 heteroatoms. The van der Waals surface area contributed by atoms with Crippen molar-refractivity contribution in [2.45, 2.75) is 27.2 Å². The fourth-order valence-corrected chi connectivity index (χ4v) is 2.39. The smallest absolute Gasteiger partial charge is 0.175 e. The molecule has 0 unspecified atom stereocenters. The predicted molar refractivity (Wildman–Crippen MR) is 91.6 cm³/mol. The van der Waals surface area contributed by atoms with Crippen molar-refractivity contribution in [3.63, 3.8) is 0 Å². The van der Waals surface area contributed by atoms with E-state index in [9.17, 15) is 0 Å². The Bertz CT molecular complexity index is 620. The number of hydrogen-bond acceptors (Lipinski definition) is 1. The Kier molecular flexibility index (Phi) is 4.74. The molecular formula is C17H20N2S. The first kappa shape index (κ1) is 14.5. The highest BCUT2D eigenvalue weighted by Gasteiger charge is 2.06. The lowest BCUT2D eigenvalue weighted by molar-refractivity contribution is 1.13. The molecule has 0 heterocycles. The minimum Gasteiger partial charge on any atom is -0.332 e. The van der Waals surface area contributed by atoms with Crippen LogP contribution in [0.2, 0.25) is 0 Å². The maximum atomic E-state index is 5.42. The van der Waals surface area contributed by atoms with Crippen molar-refractivity contribution >= 4 is 28.7 Å². The van der Waals surface area contributed by atoms with Crippen molar-refractivity contribution in [2.24, 2.45) is 0 Å². The second kappa shape index (κ2) is 6.53. The van der Waals surface area contributed by atoms with E-state index in [-0.39, 0.29) is 0 Å². The number of thiocarbonyl (C=S) groups is 1. The summed E-state index contributed by atoms with van der Waals surface area (Å²) in [6.45, 7) is 6.31. The second-order valence-corrected chi connectivity index (χ2v) is 5.26. The molecule has 0 aliphatic rings. The van der Waals surface area contributed by atoms with E-state index in [1.54, 1.807) is 0 Å². The number of rotatable bonds is 3.